The zero-order valence-corrected chi connectivity index (χ0v) is 13.8. The van der Waals surface area contributed by atoms with Crippen molar-refractivity contribution in [3.05, 3.63) is 34.9 Å². The summed E-state index contributed by atoms with van der Waals surface area (Å²) >= 11 is 7.73. The van der Waals surface area contributed by atoms with Crippen LogP contribution in [-0.4, -0.2) is 33.5 Å². The van der Waals surface area contributed by atoms with E-state index in [2.05, 4.69) is 16.8 Å². The van der Waals surface area contributed by atoms with E-state index in [9.17, 15) is 5.11 Å². The van der Waals surface area contributed by atoms with Gasteiger partial charge in [0, 0.05) is 23.7 Å². The van der Waals surface area contributed by atoms with E-state index in [0.29, 0.717) is 5.02 Å². The van der Waals surface area contributed by atoms with Crippen molar-refractivity contribution in [2.75, 3.05) is 13.1 Å². The highest BCUT2D eigenvalue weighted by molar-refractivity contribution is 8.14. The third-order valence-electron chi connectivity index (χ3n) is 4.21. The maximum Gasteiger partial charge on any atom is 0.178 e. The first-order valence-corrected chi connectivity index (χ1v) is 8.89. The summed E-state index contributed by atoms with van der Waals surface area (Å²) in [5.74, 6) is 0. The van der Waals surface area contributed by atoms with Crippen LogP contribution in [0.3, 0.4) is 0 Å². The number of benzene rings is 1. The van der Waals surface area contributed by atoms with E-state index in [0.717, 1.165) is 49.5 Å². The van der Waals surface area contributed by atoms with Gasteiger partial charge in [0.05, 0.1) is 5.25 Å². The molecule has 0 saturated carbocycles. The molecule has 1 aromatic carbocycles. The Labute approximate surface area is 135 Å². The van der Waals surface area contributed by atoms with Crippen molar-refractivity contribution in [2.45, 2.75) is 43.6 Å². The first-order chi connectivity index (χ1) is 10.2. The topological polar surface area (TPSA) is 35.8 Å². The summed E-state index contributed by atoms with van der Waals surface area (Å²) in [5.41, 5.74) is -0.0310. The minimum absolute atomic E-state index is 0.135. The number of aliphatic hydroxyl groups is 1. The number of hydrogen-bond donors (Lipinski definition) is 1. The lowest BCUT2D eigenvalue weighted by Crippen LogP contribution is -2.50. The van der Waals surface area contributed by atoms with E-state index in [1.807, 2.05) is 24.3 Å². The molecule has 1 saturated heterocycles. The van der Waals surface area contributed by atoms with Gasteiger partial charge in [-0.3, -0.25) is 4.99 Å². The molecule has 1 aromatic rings. The molecule has 5 heteroatoms. The second-order valence-electron chi connectivity index (χ2n) is 5.65. The molecule has 0 bridgehead atoms. The molecular weight excluding hydrogens is 304 g/mol. The highest BCUT2D eigenvalue weighted by atomic mass is 35.5. The Morgan fingerprint density at radius 1 is 1.43 bits per heavy atom. The average Bonchev–Trinajstić information content (AvgIpc) is 2.80. The molecule has 1 fully saturated rings. The maximum absolute atomic E-state index is 11.5. The number of nitrogens with zero attached hydrogens (tertiary/aromatic N) is 2. The maximum atomic E-state index is 11.5. The second kappa shape index (κ2) is 6.19. The molecule has 2 aliphatic rings. The van der Waals surface area contributed by atoms with Crippen molar-refractivity contribution >= 4 is 28.5 Å². The SMILES string of the molecule is CCCC[C@@H]1SC2=NCCCN2[C@]1(O)c1ccc(Cl)cc1. The van der Waals surface area contributed by atoms with Gasteiger partial charge in [0.25, 0.3) is 0 Å². The van der Waals surface area contributed by atoms with Gasteiger partial charge in [0.1, 0.15) is 0 Å². The molecule has 114 valence electrons. The Morgan fingerprint density at radius 3 is 2.90 bits per heavy atom. The Hall–Kier alpha value is -0.710. The minimum atomic E-state index is -0.955. The quantitative estimate of drug-likeness (QED) is 0.913. The molecule has 21 heavy (non-hydrogen) atoms. The van der Waals surface area contributed by atoms with Crippen LogP contribution in [0.2, 0.25) is 5.02 Å². The fourth-order valence-electron chi connectivity index (χ4n) is 3.07. The zero-order valence-electron chi connectivity index (χ0n) is 12.3. The number of fused-ring (bicyclic) bond motifs is 1. The number of rotatable bonds is 4. The van der Waals surface area contributed by atoms with Crippen molar-refractivity contribution in [2.24, 2.45) is 4.99 Å². The van der Waals surface area contributed by atoms with E-state index in [1.165, 1.54) is 0 Å². The van der Waals surface area contributed by atoms with Gasteiger partial charge < -0.3 is 10.0 Å². The van der Waals surface area contributed by atoms with Gasteiger partial charge in [-0.2, -0.15) is 0 Å². The van der Waals surface area contributed by atoms with Crippen LogP contribution in [0, 0.1) is 0 Å². The van der Waals surface area contributed by atoms with Crippen molar-refractivity contribution in [3.8, 4) is 0 Å². The summed E-state index contributed by atoms with van der Waals surface area (Å²) in [6.07, 6.45) is 4.26. The lowest BCUT2D eigenvalue weighted by Gasteiger charge is -2.39. The van der Waals surface area contributed by atoms with Crippen LogP contribution < -0.4 is 0 Å². The first kappa shape index (κ1) is 15.2. The van der Waals surface area contributed by atoms with Gasteiger partial charge in [-0.05, 0) is 25.0 Å². The summed E-state index contributed by atoms with van der Waals surface area (Å²) in [4.78, 5) is 6.70. The number of thioether (sulfide) groups is 1. The molecule has 3 nitrogen and oxygen atoms in total. The van der Waals surface area contributed by atoms with Crippen LogP contribution in [0.1, 0.15) is 38.2 Å². The summed E-state index contributed by atoms with van der Waals surface area (Å²) in [7, 11) is 0. The van der Waals surface area contributed by atoms with Crippen LogP contribution in [-0.2, 0) is 5.72 Å². The molecule has 2 aliphatic heterocycles. The fraction of sp³-hybridized carbons (Fsp3) is 0.562. The number of halogens is 1. The Morgan fingerprint density at radius 2 is 2.19 bits per heavy atom. The molecular formula is C16H21ClN2OS. The number of aliphatic imine (C=N–C) groups is 1. The van der Waals surface area contributed by atoms with Crippen molar-refractivity contribution < 1.29 is 5.11 Å². The van der Waals surface area contributed by atoms with Gasteiger partial charge >= 0.3 is 0 Å². The third-order valence-corrected chi connectivity index (χ3v) is 5.88. The predicted octanol–water partition coefficient (Wildman–Crippen LogP) is 3.85. The molecule has 0 spiro atoms. The first-order valence-electron chi connectivity index (χ1n) is 7.63. The largest absolute Gasteiger partial charge is 0.366 e. The van der Waals surface area contributed by atoms with E-state index < -0.39 is 5.72 Å². The van der Waals surface area contributed by atoms with Gasteiger partial charge in [-0.1, -0.05) is 55.3 Å². The van der Waals surface area contributed by atoms with E-state index in [4.69, 9.17) is 11.6 Å². The second-order valence-corrected chi connectivity index (χ2v) is 7.26. The smallest absolute Gasteiger partial charge is 0.178 e. The normalized spacial score (nSPS) is 28.4. The van der Waals surface area contributed by atoms with Crippen molar-refractivity contribution in [3.63, 3.8) is 0 Å². The zero-order chi connectivity index (χ0) is 14.9. The van der Waals surface area contributed by atoms with Crippen LogP contribution in [0.25, 0.3) is 0 Å². The molecule has 0 radical (unpaired) electrons. The lowest BCUT2D eigenvalue weighted by molar-refractivity contribution is -0.0738. The predicted molar refractivity (Wildman–Crippen MR) is 89.9 cm³/mol. The average molecular weight is 325 g/mol. The standard InChI is InChI=1S/C16H21ClN2OS/c1-2-3-5-14-16(20,12-6-8-13(17)9-7-12)19-11-4-10-18-15(19)21-14/h6-9,14,20H,2-5,10-11H2,1H3/t14-,16-/m0/s1. The van der Waals surface area contributed by atoms with Crippen LogP contribution in [0.15, 0.2) is 29.3 Å². The van der Waals surface area contributed by atoms with E-state index in [-0.39, 0.29) is 5.25 Å². The van der Waals surface area contributed by atoms with Crippen molar-refractivity contribution in [1.82, 2.24) is 4.90 Å². The summed E-state index contributed by atoms with van der Waals surface area (Å²) in [5, 5.41) is 13.4. The minimum Gasteiger partial charge on any atom is -0.366 e. The van der Waals surface area contributed by atoms with Crippen molar-refractivity contribution in [1.29, 1.82) is 0 Å². The van der Waals surface area contributed by atoms with Gasteiger partial charge in [-0.25, -0.2) is 0 Å². The van der Waals surface area contributed by atoms with Crippen LogP contribution >= 0.6 is 23.4 Å². The van der Waals surface area contributed by atoms with Crippen LogP contribution in [0.4, 0.5) is 0 Å². The Kier molecular flexibility index (Phi) is 4.48. The van der Waals surface area contributed by atoms with Gasteiger partial charge in [0.15, 0.2) is 10.9 Å². The molecule has 2 atom stereocenters. The van der Waals surface area contributed by atoms with Gasteiger partial charge in [0.2, 0.25) is 0 Å². The Balaban J connectivity index is 1.98. The molecule has 0 amide bonds. The molecule has 0 aromatic heterocycles. The monoisotopic (exact) mass is 324 g/mol. The molecule has 0 aliphatic carbocycles. The van der Waals surface area contributed by atoms with E-state index in [1.54, 1.807) is 11.8 Å². The fourth-order valence-corrected chi connectivity index (χ4v) is 4.69. The number of hydrogen-bond acceptors (Lipinski definition) is 4. The highest BCUT2D eigenvalue weighted by Crippen LogP contribution is 2.48. The number of amidine groups is 1. The summed E-state index contributed by atoms with van der Waals surface area (Å²) in [6, 6.07) is 7.60. The molecule has 1 N–H and O–H groups in total. The van der Waals surface area contributed by atoms with Crippen LogP contribution in [0.5, 0.6) is 0 Å². The summed E-state index contributed by atoms with van der Waals surface area (Å²) < 4.78 is 0. The third kappa shape index (κ3) is 2.69. The van der Waals surface area contributed by atoms with E-state index >= 15 is 0 Å². The van der Waals surface area contributed by atoms with Gasteiger partial charge in [-0.15, -0.1) is 0 Å². The molecule has 2 heterocycles. The highest BCUT2D eigenvalue weighted by Gasteiger charge is 2.52. The molecule has 0 unspecified atom stereocenters. The number of unbranched alkanes of at least 4 members (excludes halogenated alkanes) is 1. The molecule has 3 rings (SSSR count). The Bertz CT molecular complexity index is 534. The summed E-state index contributed by atoms with van der Waals surface area (Å²) in [6.45, 7) is 3.93. The lowest BCUT2D eigenvalue weighted by atomic mass is 9.94.